The third kappa shape index (κ3) is 9.51. The summed E-state index contributed by atoms with van der Waals surface area (Å²) in [6.45, 7) is 3.55. The molecule has 0 aliphatic carbocycles. The van der Waals surface area contributed by atoms with Gasteiger partial charge in [-0.1, -0.05) is 13.8 Å². The molecular formula is C8H18N2O4S. The van der Waals surface area contributed by atoms with E-state index in [4.69, 9.17) is 21.7 Å². The number of carboxylic acids is 2. The molecule has 15 heavy (non-hydrogen) atoms. The Morgan fingerprint density at radius 2 is 1.60 bits per heavy atom. The minimum atomic E-state index is -1.00. The SMILES string of the molecule is CC(C)[C@H](N)C(=O)O.N[C@@H](CS)C(=O)O. The van der Waals surface area contributed by atoms with E-state index in [1.165, 1.54) is 0 Å². The van der Waals surface area contributed by atoms with Crippen LogP contribution in [-0.4, -0.2) is 40.0 Å². The van der Waals surface area contributed by atoms with E-state index in [1.54, 1.807) is 13.8 Å². The maximum atomic E-state index is 10.0. The van der Waals surface area contributed by atoms with Gasteiger partial charge in [-0.15, -0.1) is 0 Å². The summed E-state index contributed by atoms with van der Waals surface area (Å²) < 4.78 is 0. The van der Waals surface area contributed by atoms with Crippen molar-refractivity contribution < 1.29 is 19.8 Å². The van der Waals surface area contributed by atoms with Crippen LogP contribution in [0.25, 0.3) is 0 Å². The molecule has 90 valence electrons. The largest absolute Gasteiger partial charge is 0.480 e. The van der Waals surface area contributed by atoms with Gasteiger partial charge in [-0.2, -0.15) is 12.6 Å². The molecule has 0 unspecified atom stereocenters. The second-order valence-electron chi connectivity index (χ2n) is 3.24. The summed E-state index contributed by atoms with van der Waals surface area (Å²) in [7, 11) is 0. The molecule has 0 aromatic carbocycles. The zero-order chi connectivity index (χ0) is 12.6. The van der Waals surface area contributed by atoms with Crippen molar-refractivity contribution in [2.75, 3.05) is 5.75 Å². The number of hydrogen-bond acceptors (Lipinski definition) is 5. The molecule has 2 atom stereocenters. The van der Waals surface area contributed by atoms with Gasteiger partial charge in [-0.05, 0) is 5.92 Å². The third-order valence-electron chi connectivity index (χ3n) is 1.52. The summed E-state index contributed by atoms with van der Waals surface area (Å²) in [6.07, 6.45) is 0. The summed E-state index contributed by atoms with van der Waals surface area (Å²) >= 11 is 3.65. The summed E-state index contributed by atoms with van der Waals surface area (Å²) in [5, 5.41) is 16.2. The second kappa shape index (κ2) is 8.51. The van der Waals surface area contributed by atoms with Gasteiger partial charge in [0.2, 0.25) is 0 Å². The van der Waals surface area contributed by atoms with E-state index < -0.39 is 24.0 Å². The normalized spacial score (nSPS) is 13.7. The van der Waals surface area contributed by atoms with Crippen molar-refractivity contribution in [1.82, 2.24) is 0 Å². The number of thiol groups is 1. The van der Waals surface area contributed by atoms with Crippen LogP contribution in [0.15, 0.2) is 0 Å². The Labute approximate surface area is 94.0 Å². The number of nitrogens with two attached hydrogens (primary N) is 2. The highest BCUT2D eigenvalue weighted by Crippen LogP contribution is 1.96. The molecule has 6 nitrogen and oxygen atoms in total. The lowest BCUT2D eigenvalue weighted by Crippen LogP contribution is -2.34. The molecule has 0 aliphatic rings. The Morgan fingerprint density at radius 3 is 1.60 bits per heavy atom. The van der Waals surface area contributed by atoms with E-state index in [-0.39, 0.29) is 11.7 Å². The van der Waals surface area contributed by atoms with Crippen molar-refractivity contribution in [3.63, 3.8) is 0 Å². The first-order valence-electron chi connectivity index (χ1n) is 4.31. The van der Waals surface area contributed by atoms with E-state index in [1.807, 2.05) is 0 Å². The number of hydrogen-bond donors (Lipinski definition) is 5. The highest BCUT2D eigenvalue weighted by Gasteiger charge is 2.14. The standard InChI is InChI=1S/C5H11NO2.C3H7NO2S/c1-3(2)4(6)5(7)8;4-2(1-7)3(5)6/h3-4H,6H2,1-2H3,(H,7,8);2,7H,1,4H2,(H,5,6)/t4-;2-/m00/s1. The number of carbonyl (C=O) groups is 2. The topological polar surface area (TPSA) is 127 Å². The van der Waals surface area contributed by atoms with Gasteiger partial charge in [0, 0.05) is 5.75 Å². The van der Waals surface area contributed by atoms with Crippen molar-refractivity contribution in [3.8, 4) is 0 Å². The van der Waals surface area contributed by atoms with Crippen LogP contribution in [-0.2, 0) is 9.59 Å². The first kappa shape index (κ1) is 16.6. The minimum Gasteiger partial charge on any atom is -0.480 e. The maximum absolute atomic E-state index is 10.0. The molecule has 0 amide bonds. The molecule has 6 N–H and O–H groups in total. The van der Waals surface area contributed by atoms with Gasteiger partial charge >= 0.3 is 11.9 Å². The van der Waals surface area contributed by atoms with Crippen LogP contribution >= 0.6 is 12.6 Å². The molecule has 0 saturated heterocycles. The molecule has 0 spiro atoms. The summed E-state index contributed by atoms with van der Waals surface area (Å²) in [5.74, 6) is -1.72. The second-order valence-corrected chi connectivity index (χ2v) is 3.60. The molecule has 0 aromatic rings. The summed E-state index contributed by atoms with van der Waals surface area (Å²) in [6, 6.07) is -1.53. The average molecular weight is 238 g/mol. The van der Waals surface area contributed by atoms with Gasteiger partial charge in [0.15, 0.2) is 0 Å². The van der Waals surface area contributed by atoms with Gasteiger partial charge in [0.25, 0.3) is 0 Å². The van der Waals surface area contributed by atoms with Crippen molar-refractivity contribution in [1.29, 1.82) is 0 Å². The van der Waals surface area contributed by atoms with Crippen LogP contribution in [0.5, 0.6) is 0 Å². The van der Waals surface area contributed by atoms with E-state index in [0.29, 0.717) is 0 Å². The highest BCUT2D eigenvalue weighted by molar-refractivity contribution is 7.80. The van der Waals surface area contributed by atoms with Crippen molar-refractivity contribution in [3.05, 3.63) is 0 Å². The van der Waals surface area contributed by atoms with E-state index in [9.17, 15) is 9.59 Å². The zero-order valence-electron chi connectivity index (χ0n) is 8.75. The molecule has 0 bridgehead atoms. The Balaban J connectivity index is 0. The van der Waals surface area contributed by atoms with E-state index in [0.717, 1.165) is 0 Å². The van der Waals surface area contributed by atoms with Gasteiger partial charge in [-0.3, -0.25) is 9.59 Å². The van der Waals surface area contributed by atoms with Crippen LogP contribution in [0.4, 0.5) is 0 Å². The number of aliphatic carboxylic acids is 2. The zero-order valence-corrected chi connectivity index (χ0v) is 9.65. The molecule has 0 saturated carbocycles. The number of rotatable bonds is 4. The Kier molecular flexibility index (Phi) is 9.44. The Bertz CT molecular complexity index is 211. The predicted molar refractivity (Wildman–Crippen MR) is 59.9 cm³/mol. The van der Waals surface area contributed by atoms with Gasteiger partial charge in [0.05, 0.1) is 0 Å². The lowest BCUT2D eigenvalue weighted by Gasteiger charge is -2.07. The lowest BCUT2D eigenvalue weighted by atomic mass is 10.1. The molecular weight excluding hydrogens is 220 g/mol. The fourth-order valence-electron chi connectivity index (χ4n) is 0.363. The Hall–Kier alpha value is -0.790. The van der Waals surface area contributed by atoms with Gasteiger partial charge in [0.1, 0.15) is 12.1 Å². The van der Waals surface area contributed by atoms with Crippen molar-refractivity contribution in [2.45, 2.75) is 25.9 Å². The molecule has 0 rings (SSSR count). The molecule has 0 heterocycles. The highest BCUT2D eigenvalue weighted by atomic mass is 32.1. The molecule has 0 aliphatic heterocycles. The smallest absolute Gasteiger partial charge is 0.321 e. The molecule has 0 aromatic heterocycles. The van der Waals surface area contributed by atoms with Crippen LogP contribution < -0.4 is 11.5 Å². The summed E-state index contributed by atoms with van der Waals surface area (Å²) in [5.41, 5.74) is 10.1. The first-order chi connectivity index (χ1) is 6.73. The van der Waals surface area contributed by atoms with Crippen molar-refractivity contribution >= 4 is 24.6 Å². The van der Waals surface area contributed by atoms with Gasteiger partial charge < -0.3 is 21.7 Å². The van der Waals surface area contributed by atoms with Crippen LogP contribution in [0, 0.1) is 5.92 Å². The molecule has 7 heteroatoms. The van der Waals surface area contributed by atoms with Crippen LogP contribution in [0.3, 0.4) is 0 Å². The lowest BCUT2D eigenvalue weighted by molar-refractivity contribution is -0.140. The number of carboxylic acid groups (broad SMARTS) is 2. The van der Waals surface area contributed by atoms with Gasteiger partial charge in [-0.25, -0.2) is 0 Å². The predicted octanol–water partition coefficient (Wildman–Crippen LogP) is -0.618. The van der Waals surface area contributed by atoms with E-state index in [2.05, 4.69) is 12.6 Å². The molecule has 0 radical (unpaired) electrons. The first-order valence-corrected chi connectivity index (χ1v) is 4.94. The Morgan fingerprint density at radius 1 is 1.20 bits per heavy atom. The fraction of sp³-hybridized carbons (Fsp3) is 0.750. The van der Waals surface area contributed by atoms with Crippen LogP contribution in [0.2, 0.25) is 0 Å². The van der Waals surface area contributed by atoms with E-state index >= 15 is 0 Å². The van der Waals surface area contributed by atoms with Crippen LogP contribution in [0.1, 0.15) is 13.8 Å². The monoisotopic (exact) mass is 238 g/mol. The fourth-order valence-corrected chi connectivity index (χ4v) is 0.519. The third-order valence-corrected chi connectivity index (χ3v) is 1.91. The summed E-state index contributed by atoms with van der Waals surface area (Å²) in [4.78, 5) is 19.8. The van der Waals surface area contributed by atoms with Crippen molar-refractivity contribution in [2.24, 2.45) is 17.4 Å². The molecule has 0 fully saturated rings. The maximum Gasteiger partial charge on any atom is 0.321 e. The average Bonchev–Trinajstić information content (AvgIpc) is 2.15. The quantitative estimate of drug-likeness (QED) is 0.415. The minimum absolute atomic E-state index is 0.0208.